The van der Waals surface area contributed by atoms with Crippen LogP contribution in [0.2, 0.25) is 0 Å². The van der Waals surface area contributed by atoms with Gasteiger partial charge in [0.05, 0.1) is 12.7 Å². The zero-order valence-electron chi connectivity index (χ0n) is 8.57. The molecule has 0 heterocycles. The maximum atomic E-state index is 10.5. The number of hydrogen-bond donors (Lipinski definition) is 2. The number of nitrogens with two attached hydrogens (primary N) is 1. The van der Waals surface area contributed by atoms with Crippen LogP contribution in [0.3, 0.4) is 0 Å². The second-order valence-corrected chi connectivity index (χ2v) is 2.30. The highest BCUT2D eigenvalue weighted by atomic mass is 16.5. The normalized spacial score (nSPS) is 8.50. The minimum atomic E-state index is -1.01. The first-order chi connectivity index (χ1) is 6.63. The number of ether oxygens (including phenoxy) is 1. The third kappa shape index (κ3) is 3.35. The Balaban J connectivity index is 0.000000791. The zero-order chi connectivity index (χ0) is 11.1. The van der Waals surface area contributed by atoms with E-state index in [0.717, 1.165) is 0 Å². The molecule has 14 heavy (non-hydrogen) atoms. The lowest BCUT2D eigenvalue weighted by Gasteiger charge is -2.02. The number of anilines is 1. The predicted octanol–water partition coefficient (Wildman–Crippen LogP) is 2.00. The van der Waals surface area contributed by atoms with Gasteiger partial charge in [-0.05, 0) is 12.1 Å². The first kappa shape index (κ1) is 12.3. The smallest absolute Gasteiger partial charge is 0.335 e. The molecule has 0 aliphatic carbocycles. The van der Waals surface area contributed by atoms with Crippen LogP contribution < -0.4 is 10.5 Å². The molecule has 0 aliphatic rings. The van der Waals surface area contributed by atoms with Crippen LogP contribution in [0.4, 0.5) is 5.69 Å². The topological polar surface area (TPSA) is 72.5 Å². The van der Waals surface area contributed by atoms with Crippen LogP contribution in [0.5, 0.6) is 5.75 Å². The summed E-state index contributed by atoms with van der Waals surface area (Å²) in [5.41, 5.74) is 5.94. The fourth-order valence-corrected chi connectivity index (χ4v) is 0.863. The maximum absolute atomic E-state index is 10.5. The summed E-state index contributed by atoms with van der Waals surface area (Å²) in [5, 5.41) is 8.62. The van der Waals surface area contributed by atoms with Crippen molar-refractivity contribution >= 4 is 11.7 Å². The van der Waals surface area contributed by atoms with Gasteiger partial charge in [-0.2, -0.15) is 0 Å². The molecule has 0 amide bonds. The van der Waals surface area contributed by atoms with Crippen molar-refractivity contribution in [1.82, 2.24) is 0 Å². The molecule has 0 bridgehead atoms. The molecule has 3 N–H and O–H groups in total. The Morgan fingerprint density at radius 2 is 1.93 bits per heavy atom. The Morgan fingerprint density at radius 3 is 2.36 bits per heavy atom. The molecule has 1 aromatic rings. The highest BCUT2D eigenvalue weighted by molar-refractivity contribution is 5.89. The van der Waals surface area contributed by atoms with Gasteiger partial charge in [0.1, 0.15) is 5.75 Å². The zero-order valence-corrected chi connectivity index (χ0v) is 8.57. The van der Waals surface area contributed by atoms with E-state index in [1.165, 1.54) is 19.2 Å². The van der Waals surface area contributed by atoms with E-state index in [9.17, 15) is 4.79 Å². The van der Waals surface area contributed by atoms with Gasteiger partial charge in [0, 0.05) is 11.8 Å². The average molecular weight is 197 g/mol. The van der Waals surface area contributed by atoms with Crippen molar-refractivity contribution in [3.63, 3.8) is 0 Å². The molecule has 0 atom stereocenters. The molecule has 4 heteroatoms. The molecule has 1 rings (SSSR count). The second-order valence-electron chi connectivity index (χ2n) is 2.30. The molecule has 4 nitrogen and oxygen atoms in total. The van der Waals surface area contributed by atoms with Crippen molar-refractivity contribution in [1.29, 1.82) is 0 Å². The maximum Gasteiger partial charge on any atom is 0.335 e. The highest BCUT2D eigenvalue weighted by Crippen LogP contribution is 2.18. The van der Waals surface area contributed by atoms with E-state index >= 15 is 0 Å². The number of carbonyl (C=O) groups is 1. The first-order valence-electron chi connectivity index (χ1n) is 4.31. The van der Waals surface area contributed by atoms with Crippen LogP contribution in [0, 0.1) is 0 Å². The van der Waals surface area contributed by atoms with E-state index in [-0.39, 0.29) is 5.56 Å². The molecule has 0 radical (unpaired) electrons. The molecule has 0 saturated heterocycles. The van der Waals surface area contributed by atoms with Gasteiger partial charge in [0.2, 0.25) is 0 Å². The summed E-state index contributed by atoms with van der Waals surface area (Å²) in [6, 6.07) is 4.36. The summed E-state index contributed by atoms with van der Waals surface area (Å²) in [6.45, 7) is 4.00. The van der Waals surface area contributed by atoms with Gasteiger partial charge in [-0.15, -0.1) is 0 Å². The molecular formula is C10H15NO3. The number of carboxylic acids is 1. The summed E-state index contributed by atoms with van der Waals surface area (Å²) < 4.78 is 4.84. The molecule has 0 unspecified atom stereocenters. The SMILES string of the molecule is CC.COc1cc(N)cc(C(=O)O)c1. The Labute approximate surface area is 83.3 Å². The summed E-state index contributed by atoms with van der Waals surface area (Å²) in [4.78, 5) is 10.5. The van der Waals surface area contributed by atoms with Crippen molar-refractivity contribution in [3.05, 3.63) is 23.8 Å². The van der Waals surface area contributed by atoms with Gasteiger partial charge in [0.25, 0.3) is 0 Å². The quantitative estimate of drug-likeness (QED) is 0.711. The van der Waals surface area contributed by atoms with Crippen molar-refractivity contribution in [2.75, 3.05) is 12.8 Å². The van der Waals surface area contributed by atoms with E-state index in [1.807, 2.05) is 13.8 Å². The largest absolute Gasteiger partial charge is 0.497 e. The molecule has 0 fully saturated rings. The Kier molecular flexibility index (Phi) is 5.14. The number of methoxy groups -OCH3 is 1. The van der Waals surface area contributed by atoms with E-state index < -0.39 is 5.97 Å². The van der Waals surface area contributed by atoms with Crippen molar-refractivity contribution in [3.8, 4) is 5.75 Å². The number of carboxylic acid groups (broad SMARTS) is 1. The van der Waals surface area contributed by atoms with Crippen molar-refractivity contribution in [2.24, 2.45) is 0 Å². The minimum absolute atomic E-state index is 0.131. The first-order valence-corrected chi connectivity index (χ1v) is 4.31. The number of hydrogen-bond acceptors (Lipinski definition) is 3. The molecule has 0 aliphatic heterocycles. The summed E-state index contributed by atoms with van der Waals surface area (Å²) >= 11 is 0. The highest BCUT2D eigenvalue weighted by Gasteiger charge is 2.05. The van der Waals surface area contributed by atoms with E-state index in [0.29, 0.717) is 11.4 Å². The van der Waals surface area contributed by atoms with Gasteiger partial charge in [0.15, 0.2) is 0 Å². The van der Waals surface area contributed by atoms with Crippen LogP contribution in [0.1, 0.15) is 24.2 Å². The summed E-state index contributed by atoms with van der Waals surface area (Å²) in [6.07, 6.45) is 0. The van der Waals surface area contributed by atoms with E-state index in [1.54, 1.807) is 6.07 Å². The lowest BCUT2D eigenvalue weighted by Crippen LogP contribution is -1.98. The Bertz CT molecular complexity index is 310. The third-order valence-electron chi connectivity index (χ3n) is 1.41. The third-order valence-corrected chi connectivity index (χ3v) is 1.41. The van der Waals surface area contributed by atoms with Crippen LogP contribution in [-0.4, -0.2) is 18.2 Å². The second kappa shape index (κ2) is 5.85. The Hall–Kier alpha value is -1.71. The molecule has 0 aromatic heterocycles. The fraction of sp³-hybridized carbons (Fsp3) is 0.300. The number of aromatic carboxylic acids is 1. The standard InChI is InChI=1S/C8H9NO3.C2H6/c1-12-7-3-5(8(10)11)2-6(9)4-7;1-2/h2-4H,9H2,1H3,(H,10,11);1-2H3. The van der Waals surface area contributed by atoms with E-state index in [2.05, 4.69) is 0 Å². The summed E-state index contributed by atoms with van der Waals surface area (Å²) in [7, 11) is 1.46. The molecular weight excluding hydrogens is 182 g/mol. The number of nitrogen functional groups attached to an aromatic ring is 1. The van der Waals surface area contributed by atoms with Crippen molar-refractivity contribution < 1.29 is 14.6 Å². The lowest BCUT2D eigenvalue weighted by molar-refractivity contribution is 0.0696. The molecule has 0 spiro atoms. The predicted molar refractivity (Wildman–Crippen MR) is 55.7 cm³/mol. The number of rotatable bonds is 2. The molecule has 78 valence electrons. The number of benzene rings is 1. The van der Waals surface area contributed by atoms with Gasteiger partial charge < -0.3 is 15.6 Å². The monoisotopic (exact) mass is 197 g/mol. The lowest BCUT2D eigenvalue weighted by atomic mass is 10.2. The van der Waals surface area contributed by atoms with E-state index in [4.69, 9.17) is 15.6 Å². The summed E-state index contributed by atoms with van der Waals surface area (Å²) in [5.74, 6) is -0.562. The van der Waals surface area contributed by atoms with Crippen LogP contribution in [-0.2, 0) is 0 Å². The molecule has 1 aromatic carbocycles. The molecule has 0 saturated carbocycles. The Morgan fingerprint density at radius 1 is 1.36 bits per heavy atom. The minimum Gasteiger partial charge on any atom is -0.497 e. The van der Waals surface area contributed by atoms with Crippen LogP contribution in [0.25, 0.3) is 0 Å². The fourth-order valence-electron chi connectivity index (χ4n) is 0.863. The van der Waals surface area contributed by atoms with Gasteiger partial charge in [-0.25, -0.2) is 4.79 Å². The van der Waals surface area contributed by atoms with Crippen LogP contribution in [0.15, 0.2) is 18.2 Å². The van der Waals surface area contributed by atoms with Gasteiger partial charge in [-0.1, -0.05) is 13.8 Å². The average Bonchev–Trinajstić information content (AvgIpc) is 2.20. The van der Waals surface area contributed by atoms with Gasteiger partial charge >= 0.3 is 5.97 Å². The van der Waals surface area contributed by atoms with Crippen LogP contribution >= 0.6 is 0 Å². The van der Waals surface area contributed by atoms with Crippen molar-refractivity contribution in [2.45, 2.75) is 13.8 Å². The van der Waals surface area contributed by atoms with Gasteiger partial charge in [-0.3, -0.25) is 0 Å².